The van der Waals surface area contributed by atoms with Crippen molar-refractivity contribution in [2.45, 2.75) is 27.2 Å². The van der Waals surface area contributed by atoms with Crippen LogP contribution in [0.2, 0.25) is 0 Å². The van der Waals surface area contributed by atoms with Gasteiger partial charge in [-0.25, -0.2) is 14.6 Å². The zero-order valence-electron chi connectivity index (χ0n) is 18.4. The maximum Gasteiger partial charge on any atom is 0.342 e. The number of anilines is 2. The fourth-order valence-corrected chi connectivity index (χ4v) is 4.62. The van der Waals surface area contributed by atoms with E-state index >= 15 is 0 Å². The summed E-state index contributed by atoms with van der Waals surface area (Å²) >= 11 is 1.30. The highest BCUT2D eigenvalue weighted by Gasteiger charge is 2.25. The van der Waals surface area contributed by atoms with Gasteiger partial charge in [-0.3, -0.25) is 4.79 Å². The van der Waals surface area contributed by atoms with E-state index in [0.717, 1.165) is 10.4 Å². The molecule has 1 N–H and O–H groups in total. The Morgan fingerprint density at radius 1 is 1.19 bits per heavy atom. The maximum absolute atomic E-state index is 12.7. The topological polar surface area (TPSA) is 107 Å². The van der Waals surface area contributed by atoms with E-state index in [9.17, 15) is 14.4 Å². The fourth-order valence-electron chi connectivity index (χ4n) is 3.47. The average molecular weight is 462 g/mol. The zero-order valence-corrected chi connectivity index (χ0v) is 19.3. The number of aryl methyl sites for hydroxylation is 1. The molecule has 3 rings (SSSR count). The van der Waals surface area contributed by atoms with E-state index in [4.69, 9.17) is 14.2 Å². The Bertz CT molecular complexity index is 984. The van der Waals surface area contributed by atoms with Crippen LogP contribution in [0.1, 0.15) is 45.0 Å². The van der Waals surface area contributed by atoms with Gasteiger partial charge in [-0.15, -0.1) is 11.3 Å². The molecule has 1 aliphatic rings. The number of hydrogen-bond donors (Lipinski definition) is 1. The molecule has 1 aliphatic heterocycles. The quantitative estimate of drug-likeness (QED) is 0.598. The summed E-state index contributed by atoms with van der Waals surface area (Å²) in [5.74, 6) is -1.15. The third-order valence-corrected chi connectivity index (χ3v) is 6.01. The Balaban J connectivity index is 1.67. The van der Waals surface area contributed by atoms with Crippen molar-refractivity contribution in [3.05, 3.63) is 39.9 Å². The molecule has 0 unspecified atom stereocenters. The van der Waals surface area contributed by atoms with Crippen molar-refractivity contribution in [1.29, 1.82) is 0 Å². The number of amides is 1. The zero-order chi connectivity index (χ0) is 23.1. The second-order valence-corrected chi connectivity index (χ2v) is 8.24. The number of carbonyl (C=O) groups excluding carboxylic acids is 3. The van der Waals surface area contributed by atoms with Crippen molar-refractivity contribution in [3.63, 3.8) is 0 Å². The highest BCUT2D eigenvalue weighted by Crippen LogP contribution is 2.34. The van der Waals surface area contributed by atoms with Gasteiger partial charge < -0.3 is 24.4 Å². The number of nitrogens with one attached hydrogen (secondary N) is 1. The number of aromatic nitrogens is 1. The number of morpholine rings is 1. The molecule has 1 saturated heterocycles. The Labute approximate surface area is 190 Å². The first-order valence-electron chi connectivity index (χ1n) is 10.5. The van der Waals surface area contributed by atoms with Gasteiger partial charge in [0.25, 0.3) is 5.91 Å². The van der Waals surface area contributed by atoms with Gasteiger partial charge in [-0.1, -0.05) is 6.92 Å². The van der Waals surface area contributed by atoms with E-state index in [1.54, 1.807) is 25.3 Å². The van der Waals surface area contributed by atoms with Gasteiger partial charge in [0.15, 0.2) is 6.61 Å². The number of carbonyl (C=O) groups is 3. The monoisotopic (exact) mass is 461 g/mol. The Kier molecular flexibility index (Phi) is 8.18. The summed E-state index contributed by atoms with van der Waals surface area (Å²) in [4.78, 5) is 44.7. The average Bonchev–Trinajstić information content (AvgIpc) is 3.12. The molecule has 32 heavy (non-hydrogen) atoms. The largest absolute Gasteiger partial charge is 0.462 e. The summed E-state index contributed by atoms with van der Waals surface area (Å²) in [5, 5.41) is 3.09. The molecule has 1 fully saturated rings. The molecule has 0 saturated carbocycles. The molecule has 3 heterocycles. The molecule has 1 amide bonds. The van der Waals surface area contributed by atoms with Gasteiger partial charge in [0.1, 0.15) is 16.4 Å². The van der Waals surface area contributed by atoms with E-state index in [2.05, 4.69) is 10.3 Å². The lowest BCUT2D eigenvalue weighted by atomic mass is 10.1. The molecular weight excluding hydrogens is 434 g/mol. The van der Waals surface area contributed by atoms with Crippen LogP contribution in [0.4, 0.5) is 10.8 Å². The minimum absolute atomic E-state index is 0.235. The minimum atomic E-state index is -0.642. The van der Waals surface area contributed by atoms with Gasteiger partial charge in [0.2, 0.25) is 0 Å². The highest BCUT2D eigenvalue weighted by atomic mass is 32.1. The highest BCUT2D eigenvalue weighted by molar-refractivity contribution is 7.16. The van der Waals surface area contributed by atoms with Gasteiger partial charge >= 0.3 is 11.9 Å². The summed E-state index contributed by atoms with van der Waals surface area (Å²) < 4.78 is 15.7. The lowest BCUT2D eigenvalue weighted by Gasteiger charge is -2.28. The molecule has 10 heteroatoms. The second-order valence-electron chi connectivity index (χ2n) is 7.01. The van der Waals surface area contributed by atoms with E-state index in [-0.39, 0.29) is 12.2 Å². The first-order chi connectivity index (χ1) is 15.5. The summed E-state index contributed by atoms with van der Waals surface area (Å²) in [6, 6.07) is 3.26. The van der Waals surface area contributed by atoms with Crippen LogP contribution in [0.5, 0.6) is 0 Å². The predicted octanol–water partition coefficient (Wildman–Crippen LogP) is 2.82. The van der Waals surface area contributed by atoms with Gasteiger partial charge in [-0.2, -0.15) is 0 Å². The molecule has 9 nitrogen and oxygen atoms in total. The molecule has 0 bridgehead atoms. The normalized spacial score (nSPS) is 13.5. The summed E-state index contributed by atoms with van der Waals surface area (Å²) in [6.07, 6.45) is 2.24. The van der Waals surface area contributed by atoms with Gasteiger partial charge in [-0.05, 0) is 38.0 Å². The number of hydrogen-bond acceptors (Lipinski definition) is 9. The lowest BCUT2D eigenvalue weighted by molar-refractivity contribution is -0.119. The van der Waals surface area contributed by atoms with Crippen LogP contribution >= 0.6 is 11.3 Å². The first kappa shape index (κ1) is 23.7. The standard InChI is InChI=1S/C22H27N3O6S/c1-4-15-14(3)32-20(18(15)22(28)30-5-2)24-17(26)13-31-21(27)16-7-6-8-23-19(16)25-9-11-29-12-10-25/h6-8H,4-5,9-13H2,1-3H3,(H,24,26). The van der Waals surface area contributed by atoms with Crippen LogP contribution in [0.15, 0.2) is 18.3 Å². The Morgan fingerprint density at radius 3 is 2.62 bits per heavy atom. The number of pyridine rings is 1. The summed E-state index contributed by atoms with van der Waals surface area (Å²) in [7, 11) is 0. The molecule has 0 aromatic carbocycles. The lowest BCUT2D eigenvalue weighted by Crippen LogP contribution is -2.37. The predicted molar refractivity (Wildman–Crippen MR) is 121 cm³/mol. The van der Waals surface area contributed by atoms with Crippen molar-refractivity contribution in [3.8, 4) is 0 Å². The number of ether oxygens (including phenoxy) is 3. The van der Waals surface area contributed by atoms with Crippen LogP contribution < -0.4 is 10.2 Å². The number of thiophene rings is 1. The van der Waals surface area contributed by atoms with Crippen molar-refractivity contribution < 1.29 is 28.6 Å². The third-order valence-electron chi connectivity index (χ3n) is 4.95. The number of esters is 2. The van der Waals surface area contributed by atoms with Gasteiger partial charge in [0.05, 0.1) is 25.4 Å². The maximum atomic E-state index is 12.7. The Morgan fingerprint density at radius 2 is 1.94 bits per heavy atom. The first-order valence-corrected chi connectivity index (χ1v) is 11.3. The van der Waals surface area contributed by atoms with E-state index in [1.165, 1.54) is 11.3 Å². The smallest absolute Gasteiger partial charge is 0.342 e. The molecule has 0 aliphatic carbocycles. The molecule has 0 atom stereocenters. The Hall–Kier alpha value is -2.98. The number of nitrogens with zero attached hydrogens (tertiary/aromatic N) is 2. The van der Waals surface area contributed by atoms with Crippen LogP contribution in [0, 0.1) is 6.92 Å². The minimum Gasteiger partial charge on any atom is -0.462 e. The molecular formula is C22H27N3O6S. The molecule has 0 spiro atoms. The van der Waals surface area contributed by atoms with Crippen LogP contribution in [0.3, 0.4) is 0 Å². The van der Waals surface area contributed by atoms with Gasteiger partial charge in [0, 0.05) is 24.2 Å². The molecule has 2 aromatic rings. The van der Waals surface area contributed by atoms with E-state index < -0.39 is 24.5 Å². The molecule has 172 valence electrons. The van der Waals surface area contributed by atoms with E-state index in [0.29, 0.717) is 49.1 Å². The van der Waals surface area contributed by atoms with Crippen molar-refractivity contribution in [1.82, 2.24) is 4.98 Å². The van der Waals surface area contributed by atoms with Crippen molar-refractivity contribution in [2.24, 2.45) is 0 Å². The van der Waals surface area contributed by atoms with Crippen molar-refractivity contribution in [2.75, 3.05) is 49.7 Å². The van der Waals surface area contributed by atoms with Crippen molar-refractivity contribution >= 4 is 40.0 Å². The van der Waals surface area contributed by atoms with Crippen LogP contribution in [0.25, 0.3) is 0 Å². The summed E-state index contributed by atoms with van der Waals surface area (Å²) in [5.41, 5.74) is 1.49. The number of rotatable bonds is 8. The van der Waals surface area contributed by atoms with Crippen LogP contribution in [-0.2, 0) is 25.4 Å². The third kappa shape index (κ3) is 5.43. The molecule has 2 aromatic heterocycles. The summed E-state index contributed by atoms with van der Waals surface area (Å²) in [6.45, 7) is 7.63. The SMILES string of the molecule is CCOC(=O)c1c(NC(=O)COC(=O)c2cccnc2N2CCOCC2)sc(C)c1CC. The molecule has 0 radical (unpaired) electrons. The second kappa shape index (κ2) is 11.1. The fraction of sp³-hybridized carbons (Fsp3) is 0.455. The van der Waals surface area contributed by atoms with E-state index in [1.807, 2.05) is 18.7 Å². The van der Waals surface area contributed by atoms with Crippen LogP contribution in [-0.4, -0.2) is 62.3 Å².